The molecule has 1 heterocycles. The van der Waals surface area contributed by atoms with Gasteiger partial charge in [0.05, 0.1) is 30.2 Å². The third kappa shape index (κ3) is 4.50. The standard InChI is InChI=1S/C21H18FN3O3/c1-28-21(27)16-7-3-5-9-18(16)25-15-10-11-19(23-13-15)20(26)24-12-14-6-2-4-8-17(14)22/h2-11,13,25H,12H2,1H3,(H,24,26). The number of carbonyl (C=O) groups excluding carboxylic acids is 2. The number of carbonyl (C=O) groups is 2. The number of nitrogens with one attached hydrogen (secondary N) is 2. The minimum absolute atomic E-state index is 0.0691. The van der Waals surface area contributed by atoms with Gasteiger partial charge in [0.25, 0.3) is 5.91 Å². The molecule has 1 aromatic heterocycles. The molecule has 7 heteroatoms. The van der Waals surface area contributed by atoms with E-state index in [1.807, 2.05) is 0 Å². The number of methoxy groups -OCH3 is 1. The SMILES string of the molecule is COC(=O)c1ccccc1Nc1ccc(C(=O)NCc2ccccc2F)nc1. The molecule has 0 aliphatic heterocycles. The molecule has 0 atom stereocenters. The molecule has 2 N–H and O–H groups in total. The summed E-state index contributed by atoms with van der Waals surface area (Å²) in [6, 6.07) is 16.3. The summed E-state index contributed by atoms with van der Waals surface area (Å²) < 4.78 is 18.4. The van der Waals surface area contributed by atoms with Crippen molar-refractivity contribution in [3.8, 4) is 0 Å². The maximum Gasteiger partial charge on any atom is 0.339 e. The number of amides is 1. The van der Waals surface area contributed by atoms with E-state index in [-0.39, 0.29) is 18.1 Å². The van der Waals surface area contributed by atoms with E-state index >= 15 is 0 Å². The number of nitrogens with zero attached hydrogens (tertiary/aromatic N) is 1. The van der Waals surface area contributed by atoms with Crippen LogP contribution in [0.3, 0.4) is 0 Å². The molecular formula is C21H18FN3O3. The van der Waals surface area contributed by atoms with Crippen LogP contribution < -0.4 is 10.6 Å². The molecule has 1 amide bonds. The highest BCUT2D eigenvalue weighted by Gasteiger charge is 2.12. The summed E-state index contributed by atoms with van der Waals surface area (Å²) in [5, 5.41) is 5.71. The molecule has 3 aromatic rings. The maximum atomic E-state index is 13.6. The number of benzene rings is 2. The lowest BCUT2D eigenvalue weighted by Crippen LogP contribution is -2.24. The number of hydrogen-bond donors (Lipinski definition) is 2. The normalized spacial score (nSPS) is 10.2. The van der Waals surface area contributed by atoms with Crippen molar-refractivity contribution in [3.63, 3.8) is 0 Å². The minimum atomic E-state index is -0.458. The Morgan fingerprint density at radius 3 is 2.50 bits per heavy atom. The topological polar surface area (TPSA) is 80.3 Å². The average molecular weight is 379 g/mol. The smallest absolute Gasteiger partial charge is 0.339 e. The molecule has 0 unspecified atom stereocenters. The molecule has 0 aliphatic rings. The molecule has 28 heavy (non-hydrogen) atoms. The zero-order chi connectivity index (χ0) is 19.9. The fraction of sp³-hybridized carbons (Fsp3) is 0.0952. The molecule has 2 aromatic carbocycles. The second-order valence-electron chi connectivity index (χ2n) is 5.87. The van der Waals surface area contributed by atoms with Gasteiger partial charge in [-0.25, -0.2) is 14.2 Å². The van der Waals surface area contributed by atoms with Crippen LogP contribution in [-0.2, 0) is 11.3 Å². The number of ether oxygens (including phenoxy) is 1. The van der Waals surface area contributed by atoms with E-state index in [9.17, 15) is 14.0 Å². The highest BCUT2D eigenvalue weighted by atomic mass is 19.1. The van der Waals surface area contributed by atoms with Crippen LogP contribution in [-0.4, -0.2) is 24.0 Å². The first-order valence-corrected chi connectivity index (χ1v) is 8.50. The van der Waals surface area contributed by atoms with Crippen LogP contribution in [0, 0.1) is 5.82 Å². The zero-order valence-electron chi connectivity index (χ0n) is 15.1. The van der Waals surface area contributed by atoms with Crippen LogP contribution in [0.2, 0.25) is 0 Å². The Hall–Kier alpha value is -3.74. The fourth-order valence-corrected chi connectivity index (χ4v) is 2.55. The number of pyridine rings is 1. The van der Waals surface area contributed by atoms with Crippen LogP contribution >= 0.6 is 0 Å². The van der Waals surface area contributed by atoms with Crippen molar-refractivity contribution in [3.05, 3.63) is 89.5 Å². The Morgan fingerprint density at radius 1 is 1.04 bits per heavy atom. The van der Waals surface area contributed by atoms with Crippen molar-refractivity contribution in [2.75, 3.05) is 12.4 Å². The van der Waals surface area contributed by atoms with Crippen LogP contribution in [0.15, 0.2) is 66.9 Å². The predicted octanol–water partition coefficient (Wildman–Crippen LogP) is 3.68. The van der Waals surface area contributed by atoms with Crippen molar-refractivity contribution in [2.45, 2.75) is 6.54 Å². The number of anilines is 2. The van der Waals surface area contributed by atoms with Crippen molar-refractivity contribution in [1.29, 1.82) is 0 Å². The summed E-state index contributed by atoms with van der Waals surface area (Å²) in [6.07, 6.45) is 1.48. The summed E-state index contributed by atoms with van der Waals surface area (Å²) in [7, 11) is 1.31. The molecule has 0 saturated carbocycles. The molecule has 0 bridgehead atoms. The number of aromatic nitrogens is 1. The Balaban J connectivity index is 1.66. The number of hydrogen-bond acceptors (Lipinski definition) is 5. The van der Waals surface area contributed by atoms with E-state index in [4.69, 9.17) is 4.74 Å². The quantitative estimate of drug-likeness (QED) is 0.639. The summed E-state index contributed by atoms with van der Waals surface area (Å²) in [5.41, 5.74) is 2.14. The Bertz CT molecular complexity index is 990. The third-order valence-corrected chi connectivity index (χ3v) is 4.00. The Morgan fingerprint density at radius 2 is 1.79 bits per heavy atom. The first-order valence-electron chi connectivity index (χ1n) is 8.50. The molecule has 3 rings (SSSR count). The molecule has 0 saturated heterocycles. The van der Waals surface area contributed by atoms with E-state index in [0.717, 1.165) is 0 Å². The van der Waals surface area contributed by atoms with Crippen LogP contribution in [0.5, 0.6) is 0 Å². The first-order chi connectivity index (χ1) is 13.6. The van der Waals surface area contributed by atoms with E-state index in [0.29, 0.717) is 22.5 Å². The average Bonchev–Trinajstić information content (AvgIpc) is 2.73. The van der Waals surface area contributed by atoms with E-state index in [1.54, 1.807) is 54.6 Å². The minimum Gasteiger partial charge on any atom is -0.465 e. The van der Waals surface area contributed by atoms with E-state index in [2.05, 4.69) is 15.6 Å². The molecule has 0 fully saturated rings. The van der Waals surface area contributed by atoms with Crippen LogP contribution in [0.4, 0.5) is 15.8 Å². The van der Waals surface area contributed by atoms with Crippen LogP contribution in [0.25, 0.3) is 0 Å². The largest absolute Gasteiger partial charge is 0.465 e. The summed E-state index contributed by atoms with van der Waals surface area (Å²) in [6.45, 7) is 0.0691. The van der Waals surface area contributed by atoms with Gasteiger partial charge in [0, 0.05) is 12.1 Å². The Kier molecular flexibility index (Phi) is 5.96. The number of esters is 1. The van der Waals surface area contributed by atoms with Crippen LogP contribution in [0.1, 0.15) is 26.4 Å². The number of halogens is 1. The number of para-hydroxylation sites is 1. The molecule has 0 radical (unpaired) electrons. The lowest BCUT2D eigenvalue weighted by Gasteiger charge is -2.11. The van der Waals surface area contributed by atoms with Gasteiger partial charge >= 0.3 is 5.97 Å². The first kappa shape index (κ1) is 19.0. The van der Waals surface area contributed by atoms with Gasteiger partial charge in [0.15, 0.2) is 0 Å². The zero-order valence-corrected chi connectivity index (χ0v) is 15.1. The van der Waals surface area contributed by atoms with Gasteiger partial charge in [-0.1, -0.05) is 30.3 Å². The van der Waals surface area contributed by atoms with Crippen molar-refractivity contribution in [1.82, 2.24) is 10.3 Å². The third-order valence-electron chi connectivity index (χ3n) is 4.00. The van der Waals surface area contributed by atoms with E-state index < -0.39 is 11.9 Å². The second kappa shape index (κ2) is 8.77. The molecule has 142 valence electrons. The van der Waals surface area contributed by atoms with Crippen molar-refractivity contribution < 1.29 is 18.7 Å². The van der Waals surface area contributed by atoms with Gasteiger partial charge in [-0.15, -0.1) is 0 Å². The van der Waals surface area contributed by atoms with Crippen molar-refractivity contribution >= 4 is 23.3 Å². The summed E-state index contributed by atoms with van der Waals surface area (Å²) in [5.74, 6) is -1.25. The monoisotopic (exact) mass is 379 g/mol. The lowest BCUT2D eigenvalue weighted by atomic mass is 10.1. The van der Waals surface area contributed by atoms with Gasteiger partial charge in [-0.3, -0.25) is 4.79 Å². The van der Waals surface area contributed by atoms with Gasteiger partial charge in [-0.2, -0.15) is 0 Å². The number of rotatable bonds is 6. The van der Waals surface area contributed by atoms with Gasteiger partial charge < -0.3 is 15.4 Å². The van der Waals surface area contributed by atoms with Gasteiger partial charge in [-0.05, 0) is 30.3 Å². The predicted molar refractivity (Wildman–Crippen MR) is 103 cm³/mol. The highest BCUT2D eigenvalue weighted by Crippen LogP contribution is 2.21. The lowest BCUT2D eigenvalue weighted by molar-refractivity contribution is 0.0601. The van der Waals surface area contributed by atoms with E-state index in [1.165, 1.54) is 19.4 Å². The second-order valence-corrected chi connectivity index (χ2v) is 5.87. The summed E-state index contributed by atoms with van der Waals surface area (Å²) >= 11 is 0. The van der Waals surface area contributed by atoms with Gasteiger partial charge in [0.1, 0.15) is 11.5 Å². The molecule has 0 spiro atoms. The highest BCUT2D eigenvalue weighted by molar-refractivity contribution is 5.96. The van der Waals surface area contributed by atoms with Gasteiger partial charge in [0.2, 0.25) is 0 Å². The Labute approximate surface area is 161 Å². The van der Waals surface area contributed by atoms with Crippen molar-refractivity contribution in [2.24, 2.45) is 0 Å². The molecule has 0 aliphatic carbocycles. The molecular weight excluding hydrogens is 361 g/mol. The maximum absolute atomic E-state index is 13.6. The summed E-state index contributed by atoms with van der Waals surface area (Å²) in [4.78, 5) is 28.1. The molecule has 6 nitrogen and oxygen atoms in total. The fourth-order valence-electron chi connectivity index (χ4n) is 2.55.